The topological polar surface area (TPSA) is 62.8 Å². The molecule has 3 aromatic rings. The Morgan fingerprint density at radius 1 is 0.943 bits per heavy atom. The van der Waals surface area contributed by atoms with Crippen molar-refractivity contribution in [1.82, 2.24) is 10.2 Å². The fourth-order valence-corrected chi connectivity index (χ4v) is 4.31. The smallest absolute Gasteiger partial charge is 0.319 e. The van der Waals surface area contributed by atoms with Crippen LogP contribution in [-0.4, -0.2) is 37.2 Å². The number of ether oxygens (including phenoxy) is 2. The number of benzene rings is 3. The molecule has 1 saturated heterocycles. The second kappa shape index (κ2) is 12.6. The van der Waals surface area contributed by atoms with Crippen molar-refractivity contribution < 1.29 is 14.3 Å². The lowest BCUT2D eigenvalue weighted by molar-refractivity contribution is 0.107. The highest BCUT2D eigenvalue weighted by Crippen LogP contribution is 2.17. The van der Waals surface area contributed by atoms with Crippen molar-refractivity contribution in [2.45, 2.75) is 38.6 Å². The molecule has 1 aliphatic rings. The van der Waals surface area contributed by atoms with Gasteiger partial charge in [0.15, 0.2) is 0 Å². The van der Waals surface area contributed by atoms with E-state index in [4.69, 9.17) is 21.1 Å². The van der Waals surface area contributed by atoms with Gasteiger partial charge in [-0.25, -0.2) is 4.79 Å². The predicted octanol–water partition coefficient (Wildman–Crippen LogP) is 5.85. The van der Waals surface area contributed by atoms with E-state index in [1.165, 1.54) is 5.56 Å². The second-order valence-corrected chi connectivity index (χ2v) is 9.25. The monoisotopic (exact) mass is 493 g/mol. The van der Waals surface area contributed by atoms with Crippen molar-refractivity contribution in [2.75, 3.05) is 25.5 Å². The van der Waals surface area contributed by atoms with Gasteiger partial charge in [-0.3, -0.25) is 4.90 Å². The van der Waals surface area contributed by atoms with Gasteiger partial charge in [-0.1, -0.05) is 48.0 Å². The van der Waals surface area contributed by atoms with Crippen LogP contribution in [0.4, 0.5) is 10.5 Å². The molecule has 2 N–H and O–H groups in total. The third-order valence-corrected chi connectivity index (χ3v) is 6.38. The van der Waals surface area contributed by atoms with Crippen LogP contribution in [0, 0.1) is 0 Å². The van der Waals surface area contributed by atoms with Crippen LogP contribution in [-0.2, 0) is 24.5 Å². The summed E-state index contributed by atoms with van der Waals surface area (Å²) in [6.07, 6.45) is 1.86. The van der Waals surface area contributed by atoms with E-state index in [0.717, 1.165) is 60.1 Å². The Bertz CT molecular complexity index is 1080. The summed E-state index contributed by atoms with van der Waals surface area (Å²) in [6, 6.07) is 23.6. The molecule has 0 radical (unpaired) electrons. The summed E-state index contributed by atoms with van der Waals surface area (Å²) in [5.41, 5.74) is 4.10. The summed E-state index contributed by atoms with van der Waals surface area (Å²) >= 11 is 5.97. The number of carbonyl (C=O) groups is 1. The van der Waals surface area contributed by atoms with Crippen molar-refractivity contribution in [2.24, 2.45) is 0 Å². The highest BCUT2D eigenvalue weighted by atomic mass is 35.5. The molecule has 0 spiro atoms. The molecule has 4 rings (SSSR count). The molecule has 0 unspecified atom stereocenters. The summed E-state index contributed by atoms with van der Waals surface area (Å²) in [6.45, 7) is 3.79. The van der Waals surface area contributed by atoms with Gasteiger partial charge in [0, 0.05) is 36.4 Å². The van der Waals surface area contributed by atoms with E-state index in [0.29, 0.717) is 13.2 Å². The van der Waals surface area contributed by atoms with E-state index in [1.807, 2.05) is 60.7 Å². The zero-order chi connectivity index (χ0) is 24.5. The average Bonchev–Trinajstić information content (AvgIpc) is 2.87. The first-order chi connectivity index (χ1) is 17.1. The molecular weight excluding hydrogens is 462 g/mol. The lowest BCUT2D eigenvalue weighted by Gasteiger charge is -2.32. The number of urea groups is 1. The SMILES string of the molecule is COc1ccc(COCc2cccc(NC(=O)NC3CCN(Cc4ccc(Cl)cc4)CC3)c2)cc1. The van der Waals surface area contributed by atoms with Gasteiger partial charge in [0.25, 0.3) is 0 Å². The summed E-state index contributed by atoms with van der Waals surface area (Å²) in [7, 11) is 1.65. The Morgan fingerprint density at radius 3 is 2.34 bits per heavy atom. The van der Waals surface area contributed by atoms with Crippen LogP contribution in [0.1, 0.15) is 29.5 Å². The average molecular weight is 494 g/mol. The van der Waals surface area contributed by atoms with Gasteiger partial charge in [-0.2, -0.15) is 0 Å². The number of methoxy groups -OCH3 is 1. The van der Waals surface area contributed by atoms with Crippen molar-refractivity contribution in [3.8, 4) is 5.75 Å². The molecule has 6 nitrogen and oxygen atoms in total. The number of nitrogens with zero attached hydrogens (tertiary/aromatic N) is 1. The number of hydrogen-bond acceptors (Lipinski definition) is 4. The third kappa shape index (κ3) is 7.99. The minimum atomic E-state index is -0.169. The van der Waals surface area contributed by atoms with E-state index < -0.39 is 0 Å². The van der Waals surface area contributed by atoms with Gasteiger partial charge in [0.2, 0.25) is 0 Å². The summed E-state index contributed by atoms with van der Waals surface area (Å²) < 4.78 is 11.0. The van der Waals surface area contributed by atoms with Crippen LogP contribution in [0.2, 0.25) is 5.02 Å². The van der Waals surface area contributed by atoms with Crippen LogP contribution in [0.3, 0.4) is 0 Å². The van der Waals surface area contributed by atoms with Crippen molar-refractivity contribution in [1.29, 1.82) is 0 Å². The van der Waals surface area contributed by atoms with Crippen molar-refractivity contribution in [3.05, 3.63) is 94.5 Å². The fraction of sp³-hybridized carbons (Fsp3) is 0.321. The largest absolute Gasteiger partial charge is 0.497 e. The molecule has 1 fully saturated rings. The van der Waals surface area contributed by atoms with Gasteiger partial charge in [0.1, 0.15) is 5.75 Å². The molecule has 3 aromatic carbocycles. The molecule has 0 bridgehead atoms. The molecule has 0 saturated carbocycles. The molecule has 7 heteroatoms. The Labute approximate surface area is 212 Å². The number of amides is 2. The van der Waals surface area contributed by atoms with E-state index in [1.54, 1.807) is 7.11 Å². The number of carbonyl (C=O) groups excluding carboxylic acids is 1. The fourth-order valence-electron chi connectivity index (χ4n) is 4.18. The quantitative estimate of drug-likeness (QED) is 0.392. The van der Waals surface area contributed by atoms with E-state index in [2.05, 4.69) is 27.7 Å². The second-order valence-electron chi connectivity index (χ2n) is 8.82. The maximum Gasteiger partial charge on any atom is 0.319 e. The zero-order valence-electron chi connectivity index (χ0n) is 20.0. The van der Waals surface area contributed by atoms with Crippen molar-refractivity contribution >= 4 is 23.3 Å². The van der Waals surface area contributed by atoms with Gasteiger partial charge in [-0.05, 0) is 65.9 Å². The molecule has 0 aliphatic carbocycles. The van der Waals surface area contributed by atoms with Gasteiger partial charge >= 0.3 is 6.03 Å². The molecule has 184 valence electrons. The maximum atomic E-state index is 12.6. The molecule has 1 aliphatic heterocycles. The first-order valence-electron chi connectivity index (χ1n) is 11.9. The first-order valence-corrected chi connectivity index (χ1v) is 12.3. The van der Waals surface area contributed by atoms with Crippen LogP contribution < -0.4 is 15.4 Å². The lowest BCUT2D eigenvalue weighted by Crippen LogP contribution is -2.45. The van der Waals surface area contributed by atoms with Crippen LogP contribution >= 0.6 is 11.6 Å². The summed E-state index contributed by atoms with van der Waals surface area (Å²) in [4.78, 5) is 15.0. The van der Waals surface area contributed by atoms with Crippen molar-refractivity contribution in [3.63, 3.8) is 0 Å². The number of piperidine rings is 1. The van der Waals surface area contributed by atoms with E-state index in [9.17, 15) is 4.79 Å². The summed E-state index contributed by atoms with van der Waals surface area (Å²) in [5, 5.41) is 6.84. The number of nitrogens with one attached hydrogen (secondary N) is 2. The minimum Gasteiger partial charge on any atom is -0.497 e. The number of halogens is 1. The van der Waals surface area contributed by atoms with Crippen LogP contribution in [0.5, 0.6) is 5.75 Å². The molecular formula is C28H32ClN3O3. The Hall–Kier alpha value is -3.06. The number of hydrogen-bond donors (Lipinski definition) is 2. The maximum absolute atomic E-state index is 12.6. The molecule has 0 aromatic heterocycles. The van der Waals surface area contributed by atoms with E-state index in [-0.39, 0.29) is 12.1 Å². The highest BCUT2D eigenvalue weighted by molar-refractivity contribution is 6.30. The Kier molecular flexibility index (Phi) is 9.01. The molecule has 1 heterocycles. The number of anilines is 1. The van der Waals surface area contributed by atoms with Gasteiger partial charge in [0.05, 0.1) is 20.3 Å². The zero-order valence-corrected chi connectivity index (χ0v) is 20.8. The summed E-state index contributed by atoms with van der Waals surface area (Å²) in [5.74, 6) is 0.828. The first kappa shape index (κ1) is 25.0. The molecule has 0 atom stereocenters. The minimum absolute atomic E-state index is 0.169. The lowest BCUT2D eigenvalue weighted by atomic mass is 10.0. The van der Waals surface area contributed by atoms with E-state index >= 15 is 0 Å². The van der Waals surface area contributed by atoms with Gasteiger partial charge in [-0.15, -0.1) is 0 Å². The normalized spacial score (nSPS) is 14.5. The van der Waals surface area contributed by atoms with Gasteiger partial charge < -0.3 is 20.1 Å². The Morgan fingerprint density at radius 2 is 1.63 bits per heavy atom. The van der Waals surface area contributed by atoms with Crippen LogP contribution in [0.15, 0.2) is 72.8 Å². The molecule has 2 amide bonds. The third-order valence-electron chi connectivity index (χ3n) is 6.12. The number of likely N-dealkylation sites (tertiary alicyclic amines) is 1. The highest BCUT2D eigenvalue weighted by Gasteiger charge is 2.20. The molecule has 35 heavy (non-hydrogen) atoms. The Balaban J connectivity index is 1.18. The standard InChI is InChI=1S/C28H32ClN3O3/c1-34-27-11-7-22(8-12-27)19-35-20-23-3-2-4-26(17-23)31-28(33)30-25-13-15-32(16-14-25)18-21-5-9-24(29)10-6-21/h2-12,17,25H,13-16,18-20H2,1H3,(H2,30,31,33). The number of rotatable bonds is 9. The van der Waals surface area contributed by atoms with Crippen LogP contribution in [0.25, 0.3) is 0 Å². The predicted molar refractivity (Wildman–Crippen MR) is 140 cm³/mol.